The number of benzene rings is 2. The van der Waals surface area contributed by atoms with Crippen molar-refractivity contribution in [1.82, 2.24) is 10.2 Å². The van der Waals surface area contributed by atoms with Crippen molar-refractivity contribution in [2.75, 3.05) is 11.9 Å². The highest BCUT2D eigenvalue weighted by Crippen LogP contribution is 2.29. The Kier molecular flexibility index (Phi) is 11.3. The number of anilines is 1. The van der Waals surface area contributed by atoms with Gasteiger partial charge in [0.05, 0.1) is 0 Å². The molecule has 0 aliphatic rings. The van der Waals surface area contributed by atoms with E-state index in [2.05, 4.69) is 17.2 Å². The van der Waals surface area contributed by atoms with Crippen molar-refractivity contribution in [3.05, 3.63) is 71.3 Å². The Morgan fingerprint density at radius 2 is 1.67 bits per heavy atom. The molecule has 7 nitrogen and oxygen atoms in total. The molecule has 3 amide bonds. The predicted octanol–water partition coefficient (Wildman–Crippen LogP) is 6.80. The highest BCUT2D eigenvalue weighted by Gasteiger charge is 2.37. The zero-order valence-corrected chi connectivity index (χ0v) is 24.8. The van der Waals surface area contributed by atoms with Crippen LogP contribution in [-0.2, 0) is 14.3 Å². The predicted molar refractivity (Wildman–Crippen MR) is 158 cm³/mol. The van der Waals surface area contributed by atoms with Gasteiger partial charge in [-0.15, -0.1) is 0 Å². The summed E-state index contributed by atoms with van der Waals surface area (Å²) in [6.45, 7) is 19.2. The Bertz CT molecular complexity index is 1150. The molecule has 2 N–H and O–H groups in total. The molecule has 7 heteroatoms. The van der Waals surface area contributed by atoms with Crippen molar-refractivity contribution < 1.29 is 19.1 Å². The van der Waals surface area contributed by atoms with E-state index in [-0.39, 0.29) is 17.7 Å². The molecule has 0 aliphatic heterocycles. The van der Waals surface area contributed by atoms with Crippen LogP contribution in [0.1, 0.15) is 82.7 Å². The summed E-state index contributed by atoms with van der Waals surface area (Å²) in [4.78, 5) is 42.6. The van der Waals surface area contributed by atoms with Gasteiger partial charge in [0.15, 0.2) is 0 Å². The summed E-state index contributed by atoms with van der Waals surface area (Å²) in [5.74, 6) is -0.899. The molecule has 212 valence electrons. The quantitative estimate of drug-likeness (QED) is 0.331. The minimum absolute atomic E-state index is 0.240. The van der Waals surface area contributed by atoms with E-state index in [1.165, 1.54) is 0 Å². The van der Waals surface area contributed by atoms with Crippen LogP contribution in [0.4, 0.5) is 10.5 Å². The standard InChI is InChI=1S/C32H45N3O4/c1-10-12-19-35(30(37)26(21(3)4)34-31(38)39-32(7,8)9)28(25-18-14-17-24(11-2)20-25)29(36)33-27-22(5)15-13-16-23(27)6/h11,13-18,20-21,26,28H,2,10,12,19H2,1,3-9H3,(H,33,36)(H,34,38). The zero-order valence-electron chi connectivity index (χ0n) is 24.8. The molecule has 39 heavy (non-hydrogen) atoms. The number of aryl methyl sites for hydroxylation is 2. The number of hydrogen-bond acceptors (Lipinski definition) is 4. The van der Waals surface area contributed by atoms with E-state index in [1.54, 1.807) is 31.7 Å². The lowest BCUT2D eigenvalue weighted by Gasteiger charge is -2.36. The smallest absolute Gasteiger partial charge is 0.408 e. The lowest BCUT2D eigenvalue weighted by atomic mass is 9.97. The Hall–Kier alpha value is -3.61. The van der Waals surface area contributed by atoms with Crippen molar-refractivity contribution in [1.29, 1.82) is 0 Å². The molecule has 2 unspecified atom stereocenters. The third-order valence-corrected chi connectivity index (χ3v) is 6.39. The van der Waals surface area contributed by atoms with Gasteiger partial charge in [0.1, 0.15) is 17.7 Å². The van der Waals surface area contributed by atoms with Crippen LogP contribution in [0.15, 0.2) is 49.0 Å². The molecule has 0 saturated carbocycles. The summed E-state index contributed by atoms with van der Waals surface area (Å²) in [6.07, 6.45) is 2.56. The zero-order chi connectivity index (χ0) is 29.3. The van der Waals surface area contributed by atoms with Gasteiger partial charge >= 0.3 is 6.09 Å². The van der Waals surface area contributed by atoms with Gasteiger partial charge in [0.2, 0.25) is 5.91 Å². The average molecular weight is 536 g/mol. The third-order valence-electron chi connectivity index (χ3n) is 6.39. The first-order valence-corrected chi connectivity index (χ1v) is 13.7. The van der Waals surface area contributed by atoms with Crippen molar-refractivity contribution in [3.8, 4) is 0 Å². The number of unbranched alkanes of at least 4 members (excludes halogenated alkanes) is 1. The van der Waals surface area contributed by atoms with Gasteiger partial charge in [-0.25, -0.2) is 4.79 Å². The molecular weight excluding hydrogens is 490 g/mol. The Morgan fingerprint density at radius 3 is 2.21 bits per heavy atom. The molecule has 2 aromatic carbocycles. The van der Waals surface area contributed by atoms with Crippen LogP contribution in [0, 0.1) is 19.8 Å². The van der Waals surface area contributed by atoms with Crippen LogP contribution in [0.25, 0.3) is 6.08 Å². The van der Waals surface area contributed by atoms with Crippen LogP contribution in [0.2, 0.25) is 0 Å². The maximum atomic E-state index is 14.2. The second kappa shape index (κ2) is 14.0. The highest BCUT2D eigenvalue weighted by molar-refractivity contribution is 6.00. The highest BCUT2D eigenvalue weighted by atomic mass is 16.6. The first kappa shape index (κ1) is 31.6. The topological polar surface area (TPSA) is 87.7 Å². The van der Waals surface area contributed by atoms with Gasteiger partial charge in [-0.05, 0) is 75.3 Å². The first-order chi connectivity index (χ1) is 18.3. The fourth-order valence-electron chi connectivity index (χ4n) is 4.35. The SMILES string of the molecule is C=Cc1cccc(C(C(=O)Nc2c(C)cccc2C)N(CCCC)C(=O)C(NC(=O)OC(C)(C)C)C(C)C)c1. The second-order valence-corrected chi connectivity index (χ2v) is 11.3. The van der Waals surface area contributed by atoms with Gasteiger partial charge in [0, 0.05) is 12.2 Å². The number of carbonyl (C=O) groups excluding carboxylic acids is 3. The van der Waals surface area contributed by atoms with Gasteiger partial charge < -0.3 is 20.3 Å². The molecule has 2 rings (SSSR count). The number of nitrogens with one attached hydrogen (secondary N) is 2. The number of rotatable bonds is 11. The number of nitrogens with zero attached hydrogens (tertiary/aromatic N) is 1. The number of para-hydroxylation sites is 1. The van der Waals surface area contributed by atoms with Gasteiger partial charge in [-0.1, -0.05) is 76.2 Å². The molecule has 2 atom stereocenters. The molecule has 0 spiro atoms. The number of amides is 3. The minimum Gasteiger partial charge on any atom is -0.444 e. The lowest BCUT2D eigenvalue weighted by Crippen LogP contribution is -2.54. The molecular formula is C32H45N3O4. The Labute approximate surface area is 234 Å². The molecule has 0 aliphatic carbocycles. The molecule has 2 aromatic rings. The maximum absolute atomic E-state index is 14.2. The minimum atomic E-state index is -0.926. The summed E-state index contributed by atoms with van der Waals surface area (Å²) in [7, 11) is 0. The van der Waals surface area contributed by atoms with E-state index in [0.717, 1.165) is 28.8 Å². The van der Waals surface area contributed by atoms with E-state index < -0.39 is 23.8 Å². The van der Waals surface area contributed by atoms with Crippen LogP contribution in [0.3, 0.4) is 0 Å². The van der Waals surface area contributed by atoms with Crippen LogP contribution in [-0.4, -0.2) is 41.0 Å². The molecule has 0 radical (unpaired) electrons. The molecule has 0 aromatic heterocycles. The average Bonchev–Trinajstić information content (AvgIpc) is 2.85. The van der Waals surface area contributed by atoms with Crippen molar-refractivity contribution in [2.24, 2.45) is 5.92 Å². The maximum Gasteiger partial charge on any atom is 0.408 e. The summed E-state index contributed by atoms with van der Waals surface area (Å²) in [6, 6.07) is 11.5. The van der Waals surface area contributed by atoms with E-state index in [0.29, 0.717) is 18.5 Å². The summed E-state index contributed by atoms with van der Waals surface area (Å²) >= 11 is 0. The summed E-state index contributed by atoms with van der Waals surface area (Å²) in [5, 5.41) is 5.86. The third kappa shape index (κ3) is 8.98. The molecule has 0 heterocycles. The van der Waals surface area contributed by atoms with Gasteiger partial charge in [-0.3, -0.25) is 9.59 Å². The number of carbonyl (C=O) groups is 3. The van der Waals surface area contributed by atoms with Crippen LogP contribution in [0.5, 0.6) is 0 Å². The Balaban J connectivity index is 2.59. The van der Waals surface area contributed by atoms with Crippen LogP contribution >= 0.6 is 0 Å². The van der Waals surface area contributed by atoms with E-state index in [1.807, 2.05) is 77.1 Å². The van der Waals surface area contributed by atoms with Crippen molar-refractivity contribution in [2.45, 2.75) is 85.9 Å². The number of alkyl carbamates (subject to hydrolysis) is 1. The fourth-order valence-corrected chi connectivity index (χ4v) is 4.35. The summed E-state index contributed by atoms with van der Waals surface area (Å²) in [5.41, 5.74) is 3.38. The molecule has 0 fully saturated rings. The van der Waals surface area contributed by atoms with Gasteiger partial charge in [-0.2, -0.15) is 0 Å². The monoisotopic (exact) mass is 535 g/mol. The van der Waals surface area contributed by atoms with E-state index in [9.17, 15) is 14.4 Å². The van der Waals surface area contributed by atoms with Crippen LogP contribution < -0.4 is 10.6 Å². The lowest BCUT2D eigenvalue weighted by molar-refractivity contribution is -0.141. The van der Waals surface area contributed by atoms with E-state index >= 15 is 0 Å². The van der Waals surface area contributed by atoms with E-state index in [4.69, 9.17) is 4.74 Å². The normalized spacial score (nSPS) is 12.8. The number of hydrogen-bond donors (Lipinski definition) is 2. The Morgan fingerprint density at radius 1 is 1.05 bits per heavy atom. The van der Waals surface area contributed by atoms with Crippen molar-refractivity contribution >= 4 is 29.7 Å². The second-order valence-electron chi connectivity index (χ2n) is 11.3. The largest absolute Gasteiger partial charge is 0.444 e. The number of ether oxygens (including phenoxy) is 1. The summed E-state index contributed by atoms with van der Waals surface area (Å²) < 4.78 is 5.45. The van der Waals surface area contributed by atoms with Gasteiger partial charge in [0.25, 0.3) is 5.91 Å². The molecule has 0 bridgehead atoms. The fraction of sp³-hybridized carbons (Fsp3) is 0.469. The van der Waals surface area contributed by atoms with Crippen molar-refractivity contribution in [3.63, 3.8) is 0 Å². The molecule has 0 saturated heterocycles. The first-order valence-electron chi connectivity index (χ1n) is 13.7.